The molecule has 0 bridgehead atoms. The molecule has 0 spiro atoms. The lowest BCUT2D eigenvalue weighted by molar-refractivity contribution is -0.125. The number of hydrogen-bond donors (Lipinski definition) is 2. The summed E-state index contributed by atoms with van der Waals surface area (Å²) >= 11 is 0. The monoisotopic (exact) mass is 358 g/mol. The minimum absolute atomic E-state index is 0.0815. The summed E-state index contributed by atoms with van der Waals surface area (Å²) in [5.41, 5.74) is 1.53. The number of furan rings is 1. The second-order valence-corrected chi connectivity index (χ2v) is 7.26. The molecular weight excluding hydrogens is 332 g/mol. The van der Waals surface area contributed by atoms with Gasteiger partial charge in [0.1, 0.15) is 5.58 Å². The number of para-hydroxylation sites is 1. The SMILES string of the molecule is Cc1c(C(=O)N2CC[C@H](NC(=O)C(C)C)[C@@H](O)CC2)oc2ccccc12. The summed E-state index contributed by atoms with van der Waals surface area (Å²) in [5.74, 6) is -0.0320. The number of rotatable bonds is 3. The van der Waals surface area contributed by atoms with Crippen LogP contribution in [-0.2, 0) is 4.79 Å². The van der Waals surface area contributed by atoms with Crippen LogP contribution in [0.25, 0.3) is 11.0 Å². The number of likely N-dealkylation sites (tertiary alicyclic amines) is 1. The van der Waals surface area contributed by atoms with Crippen LogP contribution in [0, 0.1) is 12.8 Å². The van der Waals surface area contributed by atoms with E-state index in [2.05, 4.69) is 5.32 Å². The van der Waals surface area contributed by atoms with Crippen molar-refractivity contribution in [1.82, 2.24) is 10.2 Å². The Morgan fingerprint density at radius 2 is 1.92 bits per heavy atom. The second-order valence-electron chi connectivity index (χ2n) is 7.26. The summed E-state index contributed by atoms with van der Waals surface area (Å²) in [7, 11) is 0. The smallest absolute Gasteiger partial charge is 0.289 e. The first-order valence-electron chi connectivity index (χ1n) is 9.14. The molecule has 0 unspecified atom stereocenters. The summed E-state index contributed by atoms with van der Waals surface area (Å²) in [4.78, 5) is 26.6. The van der Waals surface area contributed by atoms with Crippen molar-refractivity contribution >= 4 is 22.8 Å². The third-order valence-electron chi connectivity index (χ3n) is 5.05. The van der Waals surface area contributed by atoms with E-state index in [4.69, 9.17) is 4.42 Å². The summed E-state index contributed by atoms with van der Waals surface area (Å²) in [6, 6.07) is 7.25. The molecule has 140 valence electrons. The normalized spacial score (nSPS) is 21.0. The van der Waals surface area contributed by atoms with E-state index in [1.54, 1.807) is 4.90 Å². The molecule has 6 nitrogen and oxygen atoms in total. The number of fused-ring (bicyclic) bond motifs is 1. The number of amides is 2. The van der Waals surface area contributed by atoms with Gasteiger partial charge >= 0.3 is 0 Å². The lowest BCUT2D eigenvalue weighted by atomic mass is 10.1. The molecule has 1 aromatic heterocycles. The summed E-state index contributed by atoms with van der Waals surface area (Å²) in [6.07, 6.45) is 0.283. The molecular formula is C20H26N2O4. The fourth-order valence-electron chi connectivity index (χ4n) is 3.33. The Bertz CT molecular complexity index is 811. The van der Waals surface area contributed by atoms with Crippen molar-refractivity contribution in [2.75, 3.05) is 13.1 Å². The molecule has 6 heteroatoms. The van der Waals surface area contributed by atoms with Crippen molar-refractivity contribution in [1.29, 1.82) is 0 Å². The first-order valence-corrected chi connectivity index (χ1v) is 9.14. The first kappa shape index (κ1) is 18.5. The number of carbonyl (C=O) groups is 2. The molecule has 2 N–H and O–H groups in total. The van der Waals surface area contributed by atoms with E-state index < -0.39 is 6.10 Å². The van der Waals surface area contributed by atoms with Crippen molar-refractivity contribution in [3.05, 3.63) is 35.6 Å². The largest absolute Gasteiger partial charge is 0.451 e. The van der Waals surface area contributed by atoms with E-state index in [1.165, 1.54) is 0 Å². The fraction of sp³-hybridized carbons (Fsp3) is 0.500. The van der Waals surface area contributed by atoms with Crippen LogP contribution in [0.2, 0.25) is 0 Å². The molecule has 3 rings (SSSR count). The van der Waals surface area contributed by atoms with Crippen LogP contribution < -0.4 is 5.32 Å². The molecule has 1 aliphatic rings. The number of benzene rings is 1. The maximum absolute atomic E-state index is 12.9. The Labute approximate surface area is 153 Å². The molecule has 0 saturated carbocycles. The third kappa shape index (κ3) is 3.60. The number of aliphatic hydroxyl groups excluding tert-OH is 1. The standard InChI is InChI=1S/C20H26N2O4/c1-12(2)19(24)21-15-8-10-22(11-9-16(15)23)20(25)18-13(3)14-6-4-5-7-17(14)26-18/h4-7,12,15-16,23H,8-11H2,1-3H3,(H,21,24)/t15-,16-/m0/s1. The minimum Gasteiger partial charge on any atom is -0.451 e. The summed E-state index contributed by atoms with van der Waals surface area (Å²) in [6.45, 7) is 6.43. The summed E-state index contributed by atoms with van der Waals surface area (Å²) in [5, 5.41) is 14.2. The van der Waals surface area contributed by atoms with Gasteiger partial charge in [-0.3, -0.25) is 9.59 Å². The van der Waals surface area contributed by atoms with Gasteiger partial charge in [0, 0.05) is 30.0 Å². The van der Waals surface area contributed by atoms with E-state index >= 15 is 0 Å². The number of aliphatic hydroxyl groups is 1. The van der Waals surface area contributed by atoms with E-state index in [1.807, 2.05) is 45.0 Å². The molecule has 2 heterocycles. The Kier molecular flexibility index (Phi) is 5.32. The van der Waals surface area contributed by atoms with Crippen molar-refractivity contribution < 1.29 is 19.1 Å². The number of hydrogen-bond acceptors (Lipinski definition) is 4. The van der Waals surface area contributed by atoms with Gasteiger partial charge in [-0.05, 0) is 25.8 Å². The topological polar surface area (TPSA) is 82.8 Å². The highest BCUT2D eigenvalue weighted by atomic mass is 16.3. The Balaban J connectivity index is 1.74. The van der Waals surface area contributed by atoms with Gasteiger partial charge in [0.25, 0.3) is 5.91 Å². The van der Waals surface area contributed by atoms with Crippen LogP contribution in [0.5, 0.6) is 0 Å². The van der Waals surface area contributed by atoms with Crippen LogP contribution in [0.3, 0.4) is 0 Å². The van der Waals surface area contributed by atoms with Gasteiger partial charge in [0.2, 0.25) is 5.91 Å². The molecule has 2 amide bonds. The van der Waals surface area contributed by atoms with Crippen LogP contribution in [0.1, 0.15) is 42.8 Å². The quantitative estimate of drug-likeness (QED) is 0.883. The average molecular weight is 358 g/mol. The second kappa shape index (κ2) is 7.50. The van der Waals surface area contributed by atoms with Gasteiger partial charge in [0.15, 0.2) is 5.76 Å². The third-order valence-corrected chi connectivity index (χ3v) is 5.05. The predicted molar refractivity (Wildman–Crippen MR) is 98.9 cm³/mol. The molecule has 1 fully saturated rings. The van der Waals surface area contributed by atoms with E-state index in [-0.39, 0.29) is 23.8 Å². The van der Waals surface area contributed by atoms with Gasteiger partial charge in [-0.15, -0.1) is 0 Å². The molecule has 2 atom stereocenters. The molecule has 0 aliphatic carbocycles. The average Bonchev–Trinajstić information content (AvgIpc) is 2.85. The Hall–Kier alpha value is -2.34. The Morgan fingerprint density at radius 3 is 2.62 bits per heavy atom. The Morgan fingerprint density at radius 1 is 1.23 bits per heavy atom. The highest BCUT2D eigenvalue weighted by Crippen LogP contribution is 2.26. The van der Waals surface area contributed by atoms with E-state index in [0.29, 0.717) is 37.3 Å². The highest BCUT2D eigenvalue weighted by molar-refractivity contribution is 5.98. The molecule has 1 aromatic carbocycles. The van der Waals surface area contributed by atoms with Crippen molar-refractivity contribution in [2.45, 2.75) is 45.8 Å². The van der Waals surface area contributed by atoms with E-state index in [0.717, 1.165) is 10.9 Å². The van der Waals surface area contributed by atoms with Gasteiger partial charge in [-0.1, -0.05) is 32.0 Å². The molecule has 1 aliphatic heterocycles. The maximum Gasteiger partial charge on any atom is 0.289 e. The minimum atomic E-state index is -0.660. The number of aryl methyl sites for hydroxylation is 1. The zero-order valence-electron chi connectivity index (χ0n) is 15.5. The van der Waals surface area contributed by atoms with Gasteiger partial charge in [-0.25, -0.2) is 0 Å². The van der Waals surface area contributed by atoms with Gasteiger partial charge < -0.3 is 19.7 Å². The molecule has 2 aromatic rings. The van der Waals surface area contributed by atoms with Gasteiger partial charge in [-0.2, -0.15) is 0 Å². The highest BCUT2D eigenvalue weighted by Gasteiger charge is 2.30. The number of carbonyl (C=O) groups excluding carboxylic acids is 2. The molecule has 0 radical (unpaired) electrons. The van der Waals surface area contributed by atoms with Crippen molar-refractivity contribution in [3.63, 3.8) is 0 Å². The zero-order valence-corrected chi connectivity index (χ0v) is 15.5. The van der Waals surface area contributed by atoms with Crippen LogP contribution in [0.15, 0.2) is 28.7 Å². The number of nitrogens with zero attached hydrogens (tertiary/aromatic N) is 1. The summed E-state index contributed by atoms with van der Waals surface area (Å²) < 4.78 is 5.78. The van der Waals surface area contributed by atoms with E-state index in [9.17, 15) is 14.7 Å². The zero-order chi connectivity index (χ0) is 18.8. The predicted octanol–water partition coefficient (Wildman–Crippen LogP) is 2.48. The molecule has 1 saturated heterocycles. The molecule has 26 heavy (non-hydrogen) atoms. The van der Waals surface area contributed by atoms with Crippen LogP contribution in [-0.4, -0.2) is 47.1 Å². The van der Waals surface area contributed by atoms with Crippen molar-refractivity contribution in [2.24, 2.45) is 5.92 Å². The van der Waals surface area contributed by atoms with Crippen molar-refractivity contribution in [3.8, 4) is 0 Å². The number of nitrogens with one attached hydrogen (secondary N) is 1. The lowest BCUT2D eigenvalue weighted by Crippen LogP contribution is -2.44. The van der Waals surface area contributed by atoms with Crippen LogP contribution >= 0.6 is 0 Å². The lowest BCUT2D eigenvalue weighted by Gasteiger charge is -2.22. The first-order chi connectivity index (χ1) is 12.4. The van der Waals surface area contributed by atoms with Gasteiger partial charge in [0.05, 0.1) is 12.1 Å². The maximum atomic E-state index is 12.9. The van der Waals surface area contributed by atoms with Crippen LogP contribution in [0.4, 0.5) is 0 Å². The fourth-order valence-corrected chi connectivity index (χ4v) is 3.33.